The van der Waals surface area contributed by atoms with Gasteiger partial charge in [0.15, 0.2) is 0 Å². The van der Waals surface area contributed by atoms with Gasteiger partial charge < -0.3 is 4.74 Å². The topological polar surface area (TPSA) is 9.23 Å². The molecule has 0 aromatic rings. The Balaban J connectivity index is 2.82. The number of hydrogen-bond donors (Lipinski definition) is 0. The van der Waals surface area contributed by atoms with Crippen molar-refractivity contribution in [3.63, 3.8) is 0 Å². The number of halogens is 1. The Morgan fingerprint density at radius 3 is 2.88 bits per heavy atom. The Labute approximate surface area is 48.5 Å². The van der Waals surface area contributed by atoms with Crippen LogP contribution in [0.2, 0.25) is 0 Å². The summed E-state index contributed by atoms with van der Waals surface area (Å²) >= 11 is 0. The van der Waals surface area contributed by atoms with Crippen molar-refractivity contribution in [2.75, 3.05) is 6.61 Å². The molecule has 0 aromatic carbocycles. The minimum Gasteiger partial charge on any atom is -0.498 e. The third-order valence-corrected chi connectivity index (χ3v) is 0.587. The van der Waals surface area contributed by atoms with Gasteiger partial charge in [0, 0.05) is 0 Å². The van der Waals surface area contributed by atoms with E-state index in [2.05, 4.69) is 11.3 Å². The van der Waals surface area contributed by atoms with Crippen molar-refractivity contribution in [1.82, 2.24) is 0 Å². The zero-order valence-corrected chi connectivity index (χ0v) is 4.64. The van der Waals surface area contributed by atoms with E-state index in [1.54, 1.807) is 6.08 Å². The van der Waals surface area contributed by atoms with Crippen molar-refractivity contribution in [2.45, 2.75) is 6.42 Å². The predicted molar refractivity (Wildman–Crippen MR) is 31.0 cm³/mol. The van der Waals surface area contributed by atoms with Crippen LogP contribution in [0.5, 0.6) is 0 Å². The third kappa shape index (κ3) is 5.21. The lowest BCUT2D eigenvalue weighted by Gasteiger charge is -1.91. The highest BCUT2D eigenvalue weighted by molar-refractivity contribution is 4.66. The van der Waals surface area contributed by atoms with E-state index in [1.807, 2.05) is 0 Å². The maximum atomic E-state index is 11.1. The Hall–Kier alpha value is -0.790. The van der Waals surface area contributed by atoms with E-state index in [0.29, 0.717) is 12.9 Å². The molecule has 0 rings (SSSR count). The van der Waals surface area contributed by atoms with E-state index in [4.69, 9.17) is 0 Å². The van der Waals surface area contributed by atoms with Crippen molar-refractivity contribution >= 4 is 0 Å². The minimum absolute atomic E-state index is 0.364. The molecule has 0 atom stereocenters. The number of rotatable bonds is 4. The van der Waals surface area contributed by atoms with Gasteiger partial charge in [-0.2, -0.15) is 0 Å². The molecular formula is C6H9FO. The molecule has 0 aliphatic heterocycles. The molecule has 0 N–H and O–H groups in total. The van der Waals surface area contributed by atoms with Crippen molar-refractivity contribution in [3.05, 3.63) is 25.2 Å². The molecule has 8 heavy (non-hydrogen) atoms. The monoisotopic (exact) mass is 116 g/mol. The predicted octanol–water partition coefficient (Wildman–Crippen LogP) is 2.02. The lowest BCUT2D eigenvalue weighted by atomic mass is 10.5. The van der Waals surface area contributed by atoms with Crippen LogP contribution in [-0.4, -0.2) is 6.61 Å². The molecule has 1 nitrogen and oxygen atoms in total. The van der Waals surface area contributed by atoms with E-state index in [0.717, 1.165) is 12.7 Å². The average Bonchev–Trinajstić information content (AvgIpc) is 1.81. The lowest BCUT2D eigenvalue weighted by Crippen LogP contribution is -1.81. The molecular weight excluding hydrogens is 107 g/mol. The number of hydrogen-bond acceptors (Lipinski definition) is 1. The van der Waals surface area contributed by atoms with Gasteiger partial charge in [-0.05, 0) is 6.42 Å². The summed E-state index contributed by atoms with van der Waals surface area (Å²) < 4.78 is 15.7. The molecule has 0 spiro atoms. The maximum absolute atomic E-state index is 11.1. The molecule has 0 unspecified atom stereocenters. The van der Waals surface area contributed by atoms with E-state index in [9.17, 15) is 4.39 Å². The van der Waals surface area contributed by atoms with Crippen LogP contribution in [0.15, 0.2) is 25.2 Å². The van der Waals surface area contributed by atoms with E-state index in [1.165, 1.54) is 0 Å². The van der Waals surface area contributed by atoms with Gasteiger partial charge in [0.2, 0.25) is 0 Å². The quantitative estimate of drug-likeness (QED) is 0.310. The fraction of sp³-hybridized carbons (Fsp3) is 0.333. The third-order valence-electron chi connectivity index (χ3n) is 0.587. The van der Waals surface area contributed by atoms with Crippen LogP contribution in [-0.2, 0) is 4.74 Å². The molecule has 0 saturated heterocycles. The first-order valence-corrected chi connectivity index (χ1v) is 2.39. The molecule has 0 aromatic heterocycles. The van der Waals surface area contributed by atoms with Crippen LogP contribution in [0.4, 0.5) is 4.39 Å². The van der Waals surface area contributed by atoms with Gasteiger partial charge in [0.1, 0.15) is 12.6 Å². The van der Waals surface area contributed by atoms with Gasteiger partial charge in [-0.1, -0.05) is 6.08 Å². The molecule has 2 heteroatoms. The molecule has 0 aliphatic rings. The van der Waals surface area contributed by atoms with Crippen LogP contribution in [0.3, 0.4) is 0 Å². The highest BCUT2D eigenvalue weighted by atomic mass is 19.1. The largest absolute Gasteiger partial charge is 0.498 e. The van der Waals surface area contributed by atoms with Gasteiger partial charge in [0.05, 0.1) is 6.61 Å². The summed E-state index contributed by atoms with van der Waals surface area (Å²) in [6.45, 7) is 3.96. The zero-order chi connectivity index (χ0) is 6.24. The van der Waals surface area contributed by atoms with Gasteiger partial charge >= 0.3 is 0 Å². The van der Waals surface area contributed by atoms with Gasteiger partial charge in [0.25, 0.3) is 0 Å². The van der Waals surface area contributed by atoms with Crippen LogP contribution in [0, 0.1) is 0 Å². The molecule has 0 saturated carbocycles. The molecule has 0 fully saturated rings. The molecule has 46 valence electrons. The number of ether oxygens (including phenoxy) is 1. The highest BCUT2D eigenvalue weighted by Gasteiger charge is 1.74. The Bertz CT molecular complexity index is 78.6. The van der Waals surface area contributed by atoms with Crippen LogP contribution in [0.25, 0.3) is 0 Å². The maximum Gasteiger partial charge on any atom is 0.121 e. The first kappa shape index (κ1) is 7.21. The van der Waals surface area contributed by atoms with E-state index in [-0.39, 0.29) is 0 Å². The average molecular weight is 116 g/mol. The molecule has 0 bridgehead atoms. The summed E-state index contributed by atoms with van der Waals surface area (Å²) in [6.07, 6.45) is 3.85. The second kappa shape index (κ2) is 6.21. The molecule has 0 radical (unpaired) electrons. The van der Waals surface area contributed by atoms with Crippen LogP contribution in [0.1, 0.15) is 6.42 Å². The second-order valence-electron chi connectivity index (χ2n) is 1.21. The Morgan fingerprint density at radius 2 is 2.38 bits per heavy atom. The fourth-order valence-corrected chi connectivity index (χ4v) is 0.256. The highest BCUT2D eigenvalue weighted by Crippen LogP contribution is 1.83. The summed E-state index contributed by atoms with van der Waals surface area (Å²) in [6, 6.07) is 0. The van der Waals surface area contributed by atoms with Crippen LogP contribution < -0.4 is 0 Å². The Kier molecular flexibility index (Phi) is 5.60. The van der Waals surface area contributed by atoms with Crippen molar-refractivity contribution in [2.24, 2.45) is 0 Å². The summed E-state index contributed by atoms with van der Waals surface area (Å²) in [4.78, 5) is 0. The van der Waals surface area contributed by atoms with Crippen molar-refractivity contribution in [3.8, 4) is 0 Å². The minimum atomic E-state index is 0.364. The zero-order valence-electron chi connectivity index (χ0n) is 4.64. The van der Waals surface area contributed by atoms with Crippen LogP contribution >= 0.6 is 0 Å². The smallest absolute Gasteiger partial charge is 0.121 e. The SMILES string of the molecule is C=CCCOC=CF. The standard InChI is InChI=1S/C6H9FO/c1-2-3-5-8-6-4-7/h2,4,6H,1,3,5H2. The summed E-state index contributed by atoms with van der Waals surface area (Å²) in [5.74, 6) is 0. The fourth-order valence-electron chi connectivity index (χ4n) is 0.256. The summed E-state index contributed by atoms with van der Waals surface area (Å²) in [7, 11) is 0. The molecule has 0 aliphatic carbocycles. The Morgan fingerprint density at radius 1 is 1.62 bits per heavy atom. The summed E-state index contributed by atoms with van der Waals surface area (Å²) in [5.41, 5.74) is 0. The normalized spacial score (nSPS) is 9.62. The molecule has 0 heterocycles. The van der Waals surface area contributed by atoms with Gasteiger partial charge in [-0.25, -0.2) is 4.39 Å². The second-order valence-corrected chi connectivity index (χ2v) is 1.21. The van der Waals surface area contributed by atoms with Crippen molar-refractivity contribution in [1.29, 1.82) is 0 Å². The van der Waals surface area contributed by atoms with E-state index < -0.39 is 0 Å². The van der Waals surface area contributed by atoms with Gasteiger partial charge in [-0.15, -0.1) is 6.58 Å². The lowest BCUT2D eigenvalue weighted by molar-refractivity contribution is 0.251. The first-order chi connectivity index (χ1) is 3.91. The van der Waals surface area contributed by atoms with Crippen molar-refractivity contribution < 1.29 is 9.13 Å². The van der Waals surface area contributed by atoms with E-state index >= 15 is 0 Å². The first-order valence-electron chi connectivity index (χ1n) is 2.39. The summed E-state index contributed by atoms with van der Waals surface area (Å²) in [5, 5.41) is 0. The molecule has 0 amide bonds. The van der Waals surface area contributed by atoms with Gasteiger partial charge in [-0.3, -0.25) is 0 Å².